The number of anilines is 5. The lowest BCUT2D eigenvalue weighted by Gasteiger charge is -2.60. The van der Waals surface area contributed by atoms with Crippen LogP contribution in [0.1, 0.15) is 52.7 Å². The zero-order valence-corrected chi connectivity index (χ0v) is 53.3. The van der Waals surface area contributed by atoms with E-state index in [1.165, 1.54) is 41.5 Å². The average Bonchev–Trinajstić information content (AvgIpc) is 1.29. The van der Waals surface area contributed by atoms with Gasteiger partial charge in [-0.1, -0.05) is 166 Å². The maximum Gasteiger partial charge on any atom is 0.321 e. The second-order valence-electron chi connectivity index (χ2n) is 25.3. The lowest BCUT2D eigenvalue weighted by atomic mass is 9.38. The Hall–Kier alpha value is -11.4. The summed E-state index contributed by atoms with van der Waals surface area (Å²) in [6.45, 7) is 8.60. The van der Waals surface area contributed by atoms with E-state index in [9.17, 15) is 72.9 Å². The van der Waals surface area contributed by atoms with Gasteiger partial charge < -0.3 is 47.3 Å². The van der Waals surface area contributed by atoms with Crippen molar-refractivity contribution in [3.63, 3.8) is 0 Å². The number of aliphatic carboxylic acids is 3. The summed E-state index contributed by atoms with van der Waals surface area (Å²) >= 11 is 0. The summed E-state index contributed by atoms with van der Waals surface area (Å²) in [6.07, 6.45) is -0.0954. The number of nitrogens with one attached hydrogen (secondary N) is 1. The molecule has 3 aliphatic carbocycles. The molecule has 3 saturated heterocycles. The number of ether oxygens (including phenoxy) is 2. The van der Waals surface area contributed by atoms with Crippen LogP contribution in [-0.4, -0.2) is 86.4 Å². The monoisotopic (exact) mass is 1300 g/mol. The molecule has 0 radical (unpaired) electrons. The van der Waals surface area contributed by atoms with Gasteiger partial charge >= 0.3 is 41.8 Å². The predicted octanol–water partition coefficient (Wildman–Crippen LogP) is 8.80. The quantitative estimate of drug-likeness (QED) is 0.0260. The highest BCUT2D eigenvalue weighted by Crippen LogP contribution is 2.71. The number of fused-ring (bicyclic) bond motifs is 5. The van der Waals surface area contributed by atoms with Crippen LogP contribution in [0.4, 0.5) is 28.4 Å². The number of esters is 4. The van der Waals surface area contributed by atoms with Crippen molar-refractivity contribution in [2.24, 2.45) is 68.0 Å². The minimum atomic E-state index is -1.80. The summed E-state index contributed by atoms with van der Waals surface area (Å²) in [4.78, 5) is 150. The van der Waals surface area contributed by atoms with Crippen LogP contribution in [0.15, 0.2) is 212 Å². The molecule has 3 heterocycles. The number of carboxylic acids is 3. The Kier molecular flexibility index (Phi) is 20.6. The molecule has 6 aliphatic rings. The van der Waals surface area contributed by atoms with Crippen LogP contribution in [0.2, 0.25) is 0 Å². The van der Waals surface area contributed by atoms with Crippen molar-refractivity contribution >= 4 is 99.5 Å². The number of carbonyl (C=O) groups is 12. The fourth-order valence-electron chi connectivity index (χ4n) is 15.0. The van der Waals surface area contributed by atoms with E-state index in [4.69, 9.17) is 17.2 Å². The predicted molar refractivity (Wildman–Crippen MR) is 352 cm³/mol. The highest BCUT2D eigenvalue weighted by molar-refractivity contribution is 6.28. The van der Waals surface area contributed by atoms with E-state index in [1.54, 1.807) is 115 Å². The van der Waals surface area contributed by atoms with Crippen molar-refractivity contribution in [1.29, 1.82) is 0 Å². The Morgan fingerprint density at radius 2 is 0.719 bits per heavy atom. The van der Waals surface area contributed by atoms with Gasteiger partial charge in [0.05, 0.1) is 73.7 Å². The first-order chi connectivity index (χ1) is 45.4. The van der Waals surface area contributed by atoms with Gasteiger partial charge in [-0.3, -0.25) is 57.5 Å². The van der Waals surface area contributed by atoms with E-state index >= 15 is 0 Å². The van der Waals surface area contributed by atoms with E-state index in [0.717, 1.165) is 27.5 Å². The van der Waals surface area contributed by atoms with Gasteiger partial charge in [0.2, 0.25) is 17.7 Å². The van der Waals surface area contributed by atoms with Crippen LogP contribution >= 0.6 is 0 Å². The molecular weight excluding hydrogens is 1230 g/mol. The summed E-state index contributed by atoms with van der Waals surface area (Å²) in [5.74, 6) is -16.6. The highest BCUT2D eigenvalue weighted by atomic mass is 16.6. The molecule has 3 saturated carbocycles. The van der Waals surface area contributed by atoms with Gasteiger partial charge in [0.25, 0.3) is 0 Å². The maximum absolute atomic E-state index is 13.3. The van der Waals surface area contributed by atoms with Crippen LogP contribution in [-0.2, 0) is 79.8 Å². The third kappa shape index (κ3) is 12.6. The Labute approximate surface area is 552 Å². The number of nitrogens with zero attached hydrogens (tertiary/aromatic N) is 1. The number of ketones is 2. The van der Waals surface area contributed by atoms with Crippen molar-refractivity contribution in [1.82, 2.24) is 0 Å². The normalized spacial score (nSPS) is 28.0. The highest BCUT2D eigenvalue weighted by Gasteiger charge is 2.86. The lowest BCUT2D eigenvalue weighted by Crippen LogP contribution is -2.73. The van der Waals surface area contributed by atoms with E-state index in [2.05, 4.69) is 14.8 Å². The van der Waals surface area contributed by atoms with Crippen LogP contribution in [0.3, 0.4) is 0 Å². The number of cyclic esters (lactones) is 4. The molecule has 3 aliphatic heterocycles. The van der Waals surface area contributed by atoms with Crippen molar-refractivity contribution in [3.8, 4) is 0 Å². The molecule has 3 amide bonds. The second-order valence-corrected chi connectivity index (χ2v) is 25.3. The number of amides is 3. The van der Waals surface area contributed by atoms with E-state index in [0.29, 0.717) is 16.9 Å². The number of nitrogens with two attached hydrogens (primary N) is 3. The van der Waals surface area contributed by atoms with Gasteiger partial charge in [0, 0.05) is 35.6 Å². The molecule has 0 bridgehead atoms. The number of carbonyl (C=O) groups excluding carboxylic acids is 9. The number of hydrogen-bond acceptors (Lipinski definition) is 17. The molecule has 6 fully saturated rings. The summed E-state index contributed by atoms with van der Waals surface area (Å²) in [7, 11) is 0. The number of benzene rings is 7. The molecule has 22 heteroatoms. The molecule has 7 aromatic rings. The third-order valence-electron chi connectivity index (χ3n) is 19.4. The van der Waals surface area contributed by atoms with E-state index in [-0.39, 0.29) is 18.6 Å². The van der Waals surface area contributed by atoms with Crippen LogP contribution < -0.4 is 27.4 Å². The Bertz CT molecular complexity index is 3880. The number of rotatable bonds is 12. The number of para-hydroxylation sites is 5. The minimum absolute atomic E-state index is 0.0144. The van der Waals surface area contributed by atoms with Crippen LogP contribution in [0.25, 0.3) is 0 Å². The number of imide groups is 1. The zero-order valence-electron chi connectivity index (χ0n) is 53.3. The van der Waals surface area contributed by atoms with E-state index in [1.807, 2.05) is 97.1 Å². The van der Waals surface area contributed by atoms with Crippen molar-refractivity contribution in [3.05, 3.63) is 223 Å². The molecule has 13 rings (SSSR count). The van der Waals surface area contributed by atoms with Gasteiger partial charge in [-0.05, 0) is 99.5 Å². The van der Waals surface area contributed by atoms with Crippen molar-refractivity contribution < 1.29 is 82.3 Å². The van der Waals surface area contributed by atoms with Gasteiger partial charge in [0.15, 0.2) is 0 Å². The molecule has 7 aromatic carbocycles. The maximum atomic E-state index is 13.3. The fourth-order valence-corrected chi connectivity index (χ4v) is 15.0. The number of nitrogen functional groups attached to an aromatic ring is 3. The molecule has 496 valence electrons. The minimum Gasteiger partial charge on any atom is -0.481 e. The average molecular weight is 1300 g/mol. The summed E-state index contributed by atoms with van der Waals surface area (Å²) in [6, 6.07) is 62.9. The van der Waals surface area contributed by atoms with Gasteiger partial charge in [0.1, 0.15) is 11.6 Å². The standard InChI is InChI=1S/C23H23NO6.C23H21NO5.C10H8O6.3C6H7N/c1-22(16(25)13-14-9-5-3-6-10-14)17(19(26)27)23(2,18(22)20(28)29)21(30)24-15-11-7-4-8-12-15;1-22(16(25)13-14-9-5-3-6-10-14)17-19(26)24(15-11-7-4-8-12-15)21(29)23(17,2)18(22)20(27)28;1-9-3(5(11)15-7(9)13)10(2)4(9)6(12)16-8(10)14;3*7-6-4-2-1-3-5-6/h3-12,17-18H,13H2,1-2H3,(H,24,30)(H,26,27)(H,28,29);3-12,17-18H,13H2,1-2H3,(H,27,28);3-4H,1-2H3;3*1-5H,7H2. The first-order valence-electron chi connectivity index (χ1n) is 30.5. The molecule has 6 atom stereocenters. The van der Waals surface area contributed by atoms with Crippen molar-refractivity contribution in [2.45, 2.75) is 54.4 Å². The summed E-state index contributed by atoms with van der Waals surface area (Å²) < 4.78 is 9.02. The number of Topliss-reactive ketones (excluding diaryl/α,β-unsaturated/α-hetero) is 2. The smallest absolute Gasteiger partial charge is 0.321 e. The Balaban J connectivity index is 0.000000163. The second kappa shape index (κ2) is 28.0. The Morgan fingerprint density at radius 1 is 0.406 bits per heavy atom. The summed E-state index contributed by atoms with van der Waals surface area (Å²) in [5.41, 5.74) is 11.9. The number of carboxylic acid groups (broad SMARTS) is 3. The summed E-state index contributed by atoms with van der Waals surface area (Å²) in [5, 5.41) is 32.3. The van der Waals surface area contributed by atoms with Crippen LogP contribution in [0.5, 0.6) is 0 Å². The topological polar surface area (TPSA) is 377 Å². The molecule has 96 heavy (non-hydrogen) atoms. The molecule has 10 N–H and O–H groups in total. The number of hydrogen-bond donors (Lipinski definition) is 7. The lowest BCUT2D eigenvalue weighted by molar-refractivity contribution is -0.214. The van der Waals surface area contributed by atoms with Gasteiger partial charge in [-0.15, -0.1) is 0 Å². The molecule has 6 unspecified atom stereocenters. The Morgan fingerprint density at radius 3 is 1.04 bits per heavy atom. The van der Waals surface area contributed by atoms with Crippen molar-refractivity contribution in [2.75, 3.05) is 27.4 Å². The van der Waals surface area contributed by atoms with E-state index < -0.39 is 133 Å². The largest absolute Gasteiger partial charge is 0.481 e. The molecule has 0 aromatic heterocycles. The van der Waals surface area contributed by atoms with Gasteiger partial charge in [-0.2, -0.15) is 0 Å². The zero-order chi connectivity index (χ0) is 70.3. The van der Waals surface area contributed by atoms with Crippen LogP contribution in [0, 0.1) is 68.0 Å². The third-order valence-corrected chi connectivity index (χ3v) is 19.4. The first kappa shape index (κ1) is 70.4. The van der Waals surface area contributed by atoms with Gasteiger partial charge in [-0.25, -0.2) is 4.90 Å². The first-order valence-corrected chi connectivity index (χ1v) is 30.5. The SMILES string of the molecule is CC1(C(=O)Cc2ccccc2)C(C(=O)O)C(C)(C(=O)Nc2ccccc2)C1C(=O)O.CC1(C(=O)Cc2ccccc2)C(C(=O)O)C2(C)C(=O)N(c3ccccc3)C(=O)C12.CC12C(=O)OC(=O)C1C1(C)C(=O)OC(=O)C21.Nc1ccccc1.Nc1ccccc1.Nc1ccccc1. The molecule has 0 spiro atoms. The molecule has 22 nitrogen and oxygen atoms in total. The molecular formula is C74H73N5O17. The fraction of sp³-hybridized carbons (Fsp3) is 0.270.